The van der Waals surface area contributed by atoms with Crippen LogP contribution in [0.15, 0.2) is 78.9 Å². The number of hydrogen-bond donors (Lipinski definition) is 4. The normalized spacial score (nSPS) is 23.1. The quantitative estimate of drug-likeness (QED) is 0.305. The largest absolute Gasteiger partial charge is 0.395 e. The van der Waals surface area contributed by atoms with E-state index in [2.05, 4.69) is 15.5 Å². The highest BCUT2D eigenvalue weighted by Gasteiger charge is 2.35. The molecule has 4 atom stereocenters. The topological polar surface area (TPSA) is 103 Å². The Hall–Kier alpha value is -3.27. The van der Waals surface area contributed by atoms with Crippen LogP contribution in [0.1, 0.15) is 59.5 Å². The maximum atomic E-state index is 12.2. The summed E-state index contributed by atoms with van der Waals surface area (Å²) in [6, 6.07) is 25.6. The van der Waals surface area contributed by atoms with Gasteiger partial charge in [-0.25, -0.2) is 4.79 Å². The zero-order valence-electron chi connectivity index (χ0n) is 22.7. The molecule has 3 aromatic carbocycles. The first-order valence-electron chi connectivity index (χ1n) is 14.1. The molecule has 8 heteroatoms. The van der Waals surface area contributed by atoms with Gasteiger partial charge in [0, 0.05) is 37.7 Å². The van der Waals surface area contributed by atoms with Gasteiger partial charge in [0.25, 0.3) is 0 Å². The summed E-state index contributed by atoms with van der Waals surface area (Å²) in [5, 5.41) is 25.0. The SMILES string of the molecule is O=C(NCc1ccccc1)NCc1ccc([C@H]2O[C@@H](CN3CCC[C@H]3CO)C[C@@H](c3ccc(CO)cc3)O2)cc1. The maximum absolute atomic E-state index is 12.2. The molecule has 2 aliphatic rings. The summed E-state index contributed by atoms with van der Waals surface area (Å²) in [7, 11) is 0. The van der Waals surface area contributed by atoms with Crippen molar-refractivity contribution in [2.75, 3.05) is 19.7 Å². The number of benzene rings is 3. The van der Waals surface area contributed by atoms with Gasteiger partial charge in [-0.05, 0) is 41.6 Å². The molecule has 8 nitrogen and oxygen atoms in total. The lowest BCUT2D eigenvalue weighted by Crippen LogP contribution is -2.42. The van der Waals surface area contributed by atoms with Crippen LogP contribution in [0.3, 0.4) is 0 Å². The standard InChI is InChI=1S/C32H39N3O5/c36-21-25-10-12-26(13-11-25)30-17-29(20-35-16-4-7-28(35)22-37)39-31(40-30)27-14-8-24(9-15-27)19-34-32(38)33-18-23-5-2-1-3-6-23/h1-3,5-6,8-15,28-31,36-37H,4,7,16-22H2,(H2,33,34,38)/t28-,29+,30-,31-/m0/s1. The van der Waals surface area contributed by atoms with Crippen molar-refractivity contribution in [2.45, 2.75) is 63.5 Å². The summed E-state index contributed by atoms with van der Waals surface area (Å²) < 4.78 is 12.9. The summed E-state index contributed by atoms with van der Waals surface area (Å²) in [5.74, 6) is 0. The Bertz CT molecular complexity index is 1210. The van der Waals surface area contributed by atoms with E-state index in [1.807, 2.05) is 78.9 Å². The molecule has 5 rings (SSSR count). The predicted octanol–water partition coefficient (Wildman–Crippen LogP) is 4.18. The van der Waals surface area contributed by atoms with E-state index in [0.717, 1.165) is 53.7 Å². The fourth-order valence-electron chi connectivity index (χ4n) is 5.45. The minimum atomic E-state index is -0.535. The smallest absolute Gasteiger partial charge is 0.315 e. The van der Waals surface area contributed by atoms with Gasteiger partial charge in [-0.2, -0.15) is 0 Å². The van der Waals surface area contributed by atoms with Crippen LogP contribution in [0, 0.1) is 0 Å². The van der Waals surface area contributed by atoms with Gasteiger partial charge in [-0.1, -0.05) is 78.9 Å². The number of carbonyl (C=O) groups is 1. The molecule has 2 aliphatic heterocycles. The van der Waals surface area contributed by atoms with Gasteiger partial charge in [-0.3, -0.25) is 4.90 Å². The van der Waals surface area contributed by atoms with E-state index in [1.54, 1.807) is 0 Å². The van der Waals surface area contributed by atoms with Gasteiger partial charge in [0.15, 0.2) is 6.29 Å². The van der Waals surface area contributed by atoms with Gasteiger partial charge < -0.3 is 30.3 Å². The number of rotatable bonds is 10. The molecule has 0 radical (unpaired) electrons. The number of nitrogens with one attached hydrogen (secondary N) is 2. The molecule has 3 aromatic rings. The van der Waals surface area contributed by atoms with Crippen molar-refractivity contribution in [2.24, 2.45) is 0 Å². The van der Waals surface area contributed by atoms with Gasteiger partial charge >= 0.3 is 6.03 Å². The Kier molecular flexibility index (Phi) is 9.81. The summed E-state index contributed by atoms with van der Waals surface area (Å²) in [5.41, 5.74) is 4.86. The van der Waals surface area contributed by atoms with Crippen molar-refractivity contribution in [3.05, 3.63) is 107 Å². The summed E-state index contributed by atoms with van der Waals surface area (Å²) in [6.45, 7) is 2.77. The summed E-state index contributed by atoms with van der Waals surface area (Å²) in [6.07, 6.45) is 2.07. The second-order valence-corrected chi connectivity index (χ2v) is 10.6. The molecule has 2 heterocycles. The predicted molar refractivity (Wildman–Crippen MR) is 152 cm³/mol. The highest BCUT2D eigenvalue weighted by atomic mass is 16.7. The molecule has 0 aliphatic carbocycles. The van der Waals surface area contributed by atoms with E-state index in [9.17, 15) is 15.0 Å². The van der Waals surface area contributed by atoms with Crippen molar-refractivity contribution in [3.63, 3.8) is 0 Å². The molecule has 0 aromatic heterocycles. The number of aliphatic hydroxyl groups excluding tert-OH is 2. The molecule has 0 bridgehead atoms. The van der Waals surface area contributed by atoms with Crippen LogP contribution in [0.5, 0.6) is 0 Å². The summed E-state index contributed by atoms with van der Waals surface area (Å²) in [4.78, 5) is 14.6. The third kappa shape index (κ3) is 7.47. The highest BCUT2D eigenvalue weighted by Crippen LogP contribution is 2.38. The van der Waals surface area contributed by atoms with Crippen molar-refractivity contribution < 1.29 is 24.5 Å². The van der Waals surface area contributed by atoms with Gasteiger partial charge in [-0.15, -0.1) is 0 Å². The van der Waals surface area contributed by atoms with E-state index in [1.165, 1.54) is 0 Å². The van der Waals surface area contributed by atoms with E-state index in [4.69, 9.17) is 9.47 Å². The fraction of sp³-hybridized carbons (Fsp3) is 0.406. The summed E-state index contributed by atoms with van der Waals surface area (Å²) >= 11 is 0. The third-order valence-corrected chi connectivity index (χ3v) is 7.76. The minimum absolute atomic E-state index is 0.00750. The Morgan fingerprint density at radius 1 is 0.825 bits per heavy atom. The van der Waals surface area contributed by atoms with Gasteiger partial charge in [0.05, 0.1) is 25.4 Å². The zero-order chi connectivity index (χ0) is 27.7. The van der Waals surface area contributed by atoms with E-state index in [0.29, 0.717) is 19.5 Å². The van der Waals surface area contributed by atoms with Crippen molar-refractivity contribution in [1.82, 2.24) is 15.5 Å². The molecule has 4 N–H and O–H groups in total. The number of ether oxygens (including phenoxy) is 2. The van der Waals surface area contributed by atoms with E-state index in [-0.39, 0.29) is 37.5 Å². The van der Waals surface area contributed by atoms with Crippen LogP contribution in [0.2, 0.25) is 0 Å². The lowest BCUT2D eigenvalue weighted by molar-refractivity contribution is -0.253. The number of hydrogen-bond acceptors (Lipinski definition) is 6. The molecule has 212 valence electrons. The van der Waals surface area contributed by atoms with Crippen molar-refractivity contribution in [3.8, 4) is 0 Å². The third-order valence-electron chi connectivity index (χ3n) is 7.76. The molecule has 0 unspecified atom stereocenters. The van der Waals surface area contributed by atoms with Crippen LogP contribution in [-0.4, -0.2) is 53.0 Å². The zero-order valence-corrected chi connectivity index (χ0v) is 22.7. The molecule has 0 saturated carbocycles. The monoisotopic (exact) mass is 545 g/mol. The van der Waals surface area contributed by atoms with Crippen LogP contribution in [-0.2, 0) is 29.2 Å². The number of likely N-dealkylation sites (tertiary alicyclic amines) is 1. The Morgan fingerprint density at radius 2 is 1.48 bits per heavy atom. The number of carbonyl (C=O) groups excluding carboxylic acids is 1. The first-order valence-corrected chi connectivity index (χ1v) is 14.1. The lowest BCUT2D eigenvalue weighted by Gasteiger charge is -2.38. The van der Waals surface area contributed by atoms with Gasteiger partial charge in [0.2, 0.25) is 0 Å². The van der Waals surface area contributed by atoms with Crippen LogP contribution < -0.4 is 10.6 Å². The van der Waals surface area contributed by atoms with Crippen molar-refractivity contribution in [1.29, 1.82) is 0 Å². The number of nitrogens with zero attached hydrogens (tertiary/aromatic N) is 1. The molecule has 40 heavy (non-hydrogen) atoms. The average Bonchev–Trinajstić information content (AvgIpc) is 3.46. The second-order valence-electron chi connectivity index (χ2n) is 10.6. The number of amides is 2. The molecular formula is C32H39N3O5. The van der Waals surface area contributed by atoms with Crippen LogP contribution in [0.25, 0.3) is 0 Å². The average molecular weight is 546 g/mol. The molecule has 2 saturated heterocycles. The number of urea groups is 1. The second kappa shape index (κ2) is 13.9. The lowest BCUT2D eigenvalue weighted by atomic mass is 9.99. The highest BCUT2D eigenvalue weighted by molar-refractivity contribution is 5.73. The molecule has 2 amide bonds. The van der Waals surface area contributed by atoms with E-state index < -0.39 is 6.29 Å². The first kappa shape index (κ1) is 28.3. The number of aliphatic hydroxyl groups is 2. The van der Waals surface area contributed by atoms with Crippen LogP contribution in [0.4, 0.5) is 4.79 Å². The maximum Gasteiger partial charge on any atom is 0.315 e. The van der Waals surface area contributed by atoms with E-state index >= 15 is 0 Å². The Labute approximate surface area is 235 Å². The Balaban J connectivity index is 1.22. The fourth-order valence-corrected chi connectivity index (χ4v) is 5.45. The van der Waals surface area contributed by atoms with Crippen molar-refractivity contribution >= 4 is 6.03 Å². The molecule has 0 spiro atoms. The van der Waals surface area contributed by atoms with Gasteiger partial charge in [0.1, 0.15) is 0 Å². The first-order chi connectivity index (χ1) is 19.6. The Morgan fingerprint density at radius 3 is 2.15 bits per heavy atom. The molecular weight excluding hydrogens is 506 g/mol. The molecule has 2 fully saturated rings. The minimum Gasteiger partial charge on any atom is -0.395 e. The van der Waals surface area contributed by atoms with Crippen LogP contribution >= 0.6 is 0 Å².